The highest BCUT2D eigenvalue weighted by atomic mass is 35.5. The van der Waals surface area contributed by atoms with Crippen LogP contribution in [0.1, 0.15) is 19.8 Å². The number of hydrogen-bond acceptors (Lipinski definition) is 3. The summed E-state index contributed by atoms with van der Waals surface area (Å²) in [5, 5.41) is 0.196. The van der Waals surface area contributed by atoms with E-state index in [0.717, 1.165) is 25.9 Å². The molecule has 1 amide bonds. The van der Waals surface area contributed by atoms with Gasteiger partial charge in [0.2, 0.25) is 0 Å². The maximum absolute atomic E-state index is 12.1. The second kappa shape index (κ2) is 6.03. The number of amides is 1. The lowest BCUT2D eigenvalue weighted by Gasteiger charge is -2.35. The molecule has 0 aromatic rings. The van der Waals surface area contributed by atoms with Gasteiger partial charge in [-0.25, -0.2) is 0 Å². The van der Waals surface area contributed by atoms with E-state index >= 15 is 0 Å². The van der Waals surface area contributed by atoms with Gasteiger partial charge in [0, 0.05) is 18.5 Å². The van der Waals surface area contributed by atoms with Crippen LogP contribution < -0.4 is 0 Å². The van der Waals surface area contributed by atoms with Crippen molar-refractivity contribution in [3.63, 3.8) is 0 Å². The van der Waals surface area contributed by atoms with Gasteiger partial charge < -0.3 is 14.4 Å². The SMILES string of the molecule is CC(Cl)C1CCN(C(=O)C2COCCO2)CC1. The van der Waals surface area contributed by atoms with Gasteiger partial charge in [0.15, 0.2) is 6.10 Å². The zero-order valence-electron chi connectivity index (χ0n) is 10.2. The van der Waals surface area contributed by atoms with Crippen LogP contribution in [-0.4, -0.2) is 55.2 Å². The number of carbonyl (C=O) groups excluding carboxylic acids is 1. The predicted molar refractivity (Wildman–Crippen MR) is 65.2 cm³/mol. The van der Waals surface area contributed by atoms with Crippen molar-refractivity contribution in [2.45, 2.75) is 31.2 Å². The summed E-state index contributed by atoms with van der Waals surface area (Å²) >= 11 is 6.08. The molecule has 0 spiro atoms. The Kier molecular flexibility index (Phi) is 4.65. The van der Waals surface area contributed by atoms with Crippen LogP contribution >= 0.6 is 11.6 Å². The molecule has 17 heavy (non-hydrogen) atoms. The fraction of sp³-hybridized carbons (Fsp3) is 0.917. The molecular weight excluding hydrogens is 242 g/mol. The third-order valence-electron chi connectivity index (χ3n) is 3.59. The summed E-state index contributed by atoms with van der Waals surface area (Å²) in [7, 11) is 0. The summed E-state index contributed by atoms with van der Waals surface area (Å²) in [6.45, 7) is 5.12. The monoisotopic (exact) mass is 261 g/mol. The summed E-state index contributed by atoms with van der Waals surface area (Å²) in [6, 6.07) is 0. The maximum Gasteiger partial charge on any atom is 0.254 e. The minimum absolute atomic E-state index is 0.0744. The third kappa shape index (κ3) is 3.33. The summed E-state index contributed by atoms with van der Waals surface area (Å²) in [5.41, 5.74) is 0. The summed E-state index contributed by atoms with van der Waals surface area (Å²) in [4.78, 5) is 14.0. The molecule has 5 heteroatoms. The molecule has 2 fully saturated rings. The number of carbonyl (C=O) groups is 1. The highest BCUT2D eigenvalue weighted by Crippen LogP contribution is 2.24. The minimum atomic E-state index is -0.395. The average Bonchev–Trinajstić information content (AvgIpc) is 2.39. The molecule has 2 heterocycles. The van der Waals surface area contributed by atoms with Gasteiger partial charge >= 0.3 is 0 Å². The second-order valence-electron chi connectivity index (χ2n) is 4.77. The fourth-order valence-electron chi connectivity index (χ4n) is 2.41. The molecule has 0 aromatic heterocycles. The van der Waals surface area contributed by atoms with Crippen molar-refractivity contribution in [3.05, 3.63) is 0 Å². The molecule has 2 aliphatic heterocycles. The van der Waals surface area contributed by atoms with Crippen LogP contribution in [0.25, 0.3) is 0 Å². The number of ether oxygens (including phenoxy) is 2. The van der Waals surface area contributed by atoms with E-state index < -0.39 is 6.10 Å². The first-order valence-corrected chi connectivity index (χ1v) is 6.74. The largest absolute Gasteiger partial charge is 0.376 e. The first kappa shape index (κ1) is 13.1. The van der Waals surface area contributed by atoms with Crippen molar-refractivity contribution >= 4 is 17.5 Å². The molecule has 0 aromatic carbocycles. The van der Waals surface area contributed by atoms with Crippen LogP contribution in [0.15, 0.2) is 0 Å². The second-order valence-corrected chi connectivity index (χ2v) is 5.46. The Morgan fingerprint density at radius 3 is 2.59 bits per heavy atom. The molecule has 0 aliphatic carbocycles. The van der Waals surface area contributed by atoms with Crippen molar-refractivity contribution < 1.29 is 14.3 Å². The molecule has 2 atom stereocenters. The van der Waals surface area contributed by atoms with Crippen LogP contribution in [0.5, 0.6) is 0 Å². The predicted octanol–water partition coefficient (Wildman–Crippen LogP) is 1.27. The van der Waals surface area contributed by atoms with Crippen LogP contribution in [0.4, 0.5) is 0 Å². The van der Waals surface area contributed by atoms with Gasteiger partial charge in [-0.1, -0.05) is 0 Å². The third-order valence-corrected chi connectivity index (χ3v) is 3.95. The highest BCUT2D eigenvalue weighted by molar-refractivity contribution is 6.20. The lowest BCUT2D eigenvalue weighted by Crippen LogP contribution is -2.48. The molecule has 2 rings (SSSR count). The average molecular weight is 262 g/mol. The van der Waals surface area contributed by atoms with Crippen molar-refractivity contribution in [1.29, 1.82) is 0 Å². The van der Waals surface area contributed by atoms with Gasteiger partial charge in [-0.3, -0.25) is 4.79 Å². The molecule has 98 valence electrons. The van der Waals surface area contributed by atoms with Crippen molar-refractivity contribution in [3.8, 4) is 0 Å². The summed E-state index contributed by atoms with van der Waals surface area (Å²) in [5.74, 6) is 0.606. The Bertz CT molecular complexity index is 258. The van der Waals surface area contributed by atoms with Crippen LogP contribution in [0.3, 0.4) is 0 Å². The quantitative estimate of drug-likeness (QED) is 0.703. The number of piperidine rings is 1. The van der Waals surface area contributed by atoms with Crippen molar-refractivity contribution in [2.24, 2.45) is 5.92 Å². The number of alkyl halides is 1. The van der Waals surface area contributed by atoms with Crippen molar-refractivity contribution in [2.75, 3.05) is 32.9 Å². The molecule has 0 bridgehead atoms. The van der Waals surface area contributed by atoms with E-state index in [4.69, 9.17) is 21.1 Å². The number of rotatable bonds is 2. The van der Waals surface area contributed by atoms with E-state index in [1.807, 2.05) is 11.8 Å². The summed E-state index contributed by atoms with van der Waals surface area (Å²) in [6.07, 6.45) is 1.59. The molecule has 0 saturated carbocycles. The first-order valence-electron chi connectivity index (χ1n) is 6.30. The molecule has 4 nitrogen and oxygen atoms in total. The van der Waals surface area contributed by atoms with E-state index in [9.17, 15) is 4.79 Å². The maximum atomic E-state index is 12.1. The number of hydrogen-bond donors (Lipinski definition) is 0. The Balaban J connectivity index is 1.81. The summed E-state index contributed by atoms with van der Waals surface area (Å²) < 4.78 is 10.7. The van der Waals surface area contributed by atoms with Crippen molar-refractivity contribution in [1.82, 2.24) is 4.90 Å². The number of likely N-dealkylation sites (tertiary alicyclic amines) is 1. The van der Waals surface area contributed by atoms with Gasteiger partial charge in [-0.2, -0.15) is 0 Å². The smallest absolute Gasteiger partial charge is 0.254 e. The highest BCUT2D eigenvalue weighted by Gasteiger charge is 2.31. The normalized spacial score (nSPS) is 29.1. The van der Waals surface area contributed by atoms with E-state index in [1.54, 1.807) is 0 Å². The molecule has 2 aliphatic rings. The lowest BCUT2D eigenvalue weighted by molar-refractivity contribution is -0.159. The van der Waals surface area contributed by atoms with Gasteiger partial charge in [-0.15, -0.1) is 11.6 Å². The van der Waals surface area contributed by atoms with Crippen LogP contribution in [-0.2, 0) is 14.3 Å². The molecule has 2 saturated heterocycles. The Morgan fingerprint density at radius 2 is 2.06 bits per heavy atom. The first-order chi connectivity index (χ1) is 8.18. The lowest BCUT2D eigenvalue weighted by atomic mass is 9.94. The fourth-order valence-corrected chi connectivity index (χ4v) is 2.67. The topological polar surface area (TPSA) is 38.8 Å². The minimum Gasteiger partial charge on any atom is -0.376 e. The van der Waals surface area contributed by atoms with E-state index in [-0.39, 0.29) is 11.3 Å². The number of nitrogens with zero attached hydrogens (tertiary/aromatic N) is 1. The Morgan fingerprint density at radius 1 is 1.35 bits per heavy atom. The number of halogens is 1. The van der Waals surface area contributed by atoms with Gasteiger partial charge in [0.1, 0.15) is 0 Å². The van der Waals surface area contributed by atoms with Gasteiger partial charge in [0.25, 0.3) is 5.91 Å². The molecular formula is C12H20ClNO3. The molecule has 0 radical (unpaired) electrons. The zero-order valence-corrected chi connectivity index (χ0v) is 11.0. The van der Waals surface area contributed by atoms with Crippen LogP contribution in [0, 0.1) is 5.92 Å². The van der Waals surface area contributed by atoms with E-state index in [0.29, 0.717) is 25.7 Å². The Hall–Kier alpha value is -0.320. The molecule has 2 unspecified atom stereocenters. The zero-order chi connectivity index (χ0) is 12.3. The van der Waals surface area contributed by atoms with Gasteiger partial charge in [0.05, 0.1) is 19.8 Å². The Labute approximate surface area is 107 Å². The standard InChI is InChI=1S/C12H20ClNO3/c1-9(13)10-2-4-14(5-3-10)12(15)11-8-16-6-7-17-11/h9-11H,2-8H2,1H3. The van der Waals surface area contributed by atoms with Crippen LogP contribution in [0.2, 0.25) is 0 Å². The van der Waals surface area contributed by atoms with Gasteiger partial charge in [-0.05, 0) is 25.7 Å². The van der Waals surface area contributed by atoms with E-state index in [1.165, 1.54) is 0 Å². The van der Waals surface area contributed by atoms with E-state index in [2.05, 4.69) is 0 Å². The molecule has 0 N–H and O–H groups in total.